The van der Waals surface area contributed by atoms with Crippen molar-refractivity contribution >= 4 is 18.1 Å². The van der Waals surface area contributed by atoms with Gasteiger partial charge in [0.05, 0.1) is 13.3 Å². The Morgan fingerprint density at radius 1 is 1.10 bits per heavy atom. The van der Waals surface area contributed by atoms with Crippen LogP contribution in [0.4, 0.5) is 0 Å². The first kappa shape index (κ1) is 21.9. The number of hydrogen-bond acceptors (Lipinski definition) is 6. The molecule has 1 amide bonds. The number of amides is 1. The van der Waals surface area contributed by atoms with Crippen LogP contribution in [0.3, 0.4) is 0 Å². The van der Waals surface area contributed by atoms with Crippen LogP contribution in [0, 0.1) is 6.92 Å². The number of hydrogen-bond donors (Lipinski definition) is 1. The fraction of sp³-hybridized carbons (Fsp3) is 0.318. The Bertz CT molecular complexity index is 906. The summed E-state index contributed by atoms with van der Waals surface area (Å²) in [5.74, 6) is 0.877. The summed E-state index contributed by atoms with van der Waals surface area (Å²) in [4.78, 5) is 23.1. The van der Waals surface area contributed by atoms with Crippen LogP contribution in [-0.2, 0) is 9.59 Å². The molecule has 0 radical (unpaired) electrons. The third kappa shape index (κ3) is 6.64. The molecule has 1 N–H and O–H groups in total. The second-order valence-electron chi connectivity index (χ2n) is 6.78. The minimum absolute atomic E-state index is 0.144. The molecule has 0 saturated carbocycles. The van der Waals surface area contributed by atoms with Crippen molar-refractivity contribution in [3.63, 3.8) is 0 Å². The molecule has 2 rings (SSSR count). The van der Waals surface area contributed by atoms with Crippen molar-refractivity contribution in [1.82, 2.24) is 5.43 Å². The highest BCUT2D eigenvalue weighted by molar-refractivity contribution is 5.84. The molecule has 0 aliphatic carbocycles. The number of methoxy groups -OCH3 is 1. The third-order valence-corrected chi connectivity index (χ3v) is 3.99. The molecule has 0 heterocycles. The van der Waals surface area contributed by atoms with Gasteiger partial charge in [0.25, 0.3) is 5.91 Å². The number of aryl methyl sites for hydroxylation is 1. The monoisotopic (exact) mass is 398 g/mol. The molecule has 0 spiro atoms. The van der Waals surface area contributed by atoms with Crippen LogP contribution in [0.5, 0.6) is 17.2 Å². The molecule has 0 aromatic heterocycles. The molecule has 0 fully saturated rings. The summed E-state index contributed by atoms with van der Waals surface area (Å²) in [6.45, 7) is 7.29. The van der Waals surface area contributed by atoms with E-state index in [2.05, 4.69) is 24.4 Å². The van der Waals surface area contributed by atoms with Gasteiger partial charge in [-0.3, -0.25) is 9.59 Å². The first-order chi connectivity index (χ1) is 13.8. The van der Waals surface area contributed by atoms with Crippen LogP contribution in [0.2, 0.25) is 0 Å². The van der Waals surface area contributed by atoms with E-state index in [1.165, 1.54) is 20.2 Å². The van der Waals surface area contributed by atoms with E-state index in [-0.39, 0.29) is 18.4 Å². The molecule has 2 aromatic rings. The molecule has 0 unspecified atom stereocenters. The van der Waals surface area contributed by atoms with Crippen LogP contribution >= 0.6 is 0 Å². The van der Waals surface area contributed by atoms with Crippen LogP contribution in [0.25, 0.3) is 0 Å². The number of carbonyl (C=O) groups excluding carboxylic acids is 2. The van der Waals surface area contributed by atoms with Gasteiger partial charge in [0.15, 0.2) is 18.1 Å². The van der Waals surface area contributed by atoms with Crippen molar-refractivity contribution in [3.8, 4) is 17.2 Å². The SMILES string of the molecule is COc1cc(/C=N/NC(=O)COc2cc(C)ccc2C(C)C)ccc1OC(C)=O. The van der Waals surface area contributed by atoms with E-state index in [0.717, 1.165) is 11.1 Å². The molecule has 0 bridgehead atoms. The molecule has 0 aliphatic rings. The first-order valence-corrected chi connectivity index (χ1v) is 9.22. The Morgan fingerprint density at radius 2 is 1.86 bits per heavy atom. The first-order valence-electron chi connectivity index (χ1n) is 9.22. The number of nitrogens with one attached hydrogen (secondary N) is 1. The number of carbonyl (C=O) groups is 2. The molecule has 0 aliphatic heterocycles. The van der Waals surface area contributed by atoms with E-state index in [1.807, 2.05) is 25.1 Å². The quantitative estimate of drug-likeness (QED) is 0.318. The van der Waals surface area contributed by atoms with E-state index in [4.69, 9.17) is 14.2 Å². The maximum atomic E-state index is 12.0. The van der Waals surface area contributed by atoms with E-state index in [1.54, 1.807) is 18.2 Å². The lowest BCUT2D eigenvalue weighted by atomic mass is 10.0. The number of ether oxygens (including phenoxy) is 3. The molecule has 2 aromatic carbocycles. The summed E-state index contributed by atoms with van der Waals surface area (Å²) < 4.78 is 15.9. The van der Waals surface area contributed by atoms with Crippen LogP contribution in [-0.4, -0.2) is 31.8 Å². The zero-order chi connectivity index (χ0) is 21.4. The van der Waals surface area contributed by atoms with Gasteiger partial charge in [-0.25, -0.2) is 5.43 Å². The summed E-state index contributed by atoms with van der Waals surface area (Å²) in [6.07, 6.45) is 1.46. The topological polar surface area (TPSA) is 86.2 Å². The molecule has 7 nitrogen and oxygen atoms in total. The Labute approximate surface area is 170 Å². The highest BCUT2D eigenvalue weighted by Crippen LogP contribution is 2.28. The summed E-state index contributed by atoms with van der Waals surface area (Å²) in [5, 5.41) is 3.93. The molecule has 0 saturated heterocycles. The van der Waals surface area contributed by atoms with E-state index in [9.17, 15) is 9.59 Å². The number of nitrogens with zero attached hydrogens (tertiary/aromatic N) is 1. The van der Waals surface area contributed by atoms with Gasteiger partial charge in [-0.15, -0.1) is 0 Å². The van der Waals surface area contributed by atoms with Gasteiger partial charge in [-0.05, 0) is 53.8 Å². The summed E-state index contributed by atoms with van der Waals surface area (Å²) in [6, 6.07) is 10.9. The second-order valence-corrected chi connectivity index (χ2v) is 6.78. The van der Waals surface area contributed by atoms with Gasteiger partial charge in [-0.2, -0.15) is 5.10 Å². The summed E-state index contributed by atoms with van der Waals surface area (Å²) >= 11 is 0. The fourth-order valence-electron chi connectivity index (χ4n) is 2.60. The van der Waals surface area contributed by atoms with E-state index >= 15 is 0 Å². The van der Waals surface area contributed by atoms with E-state index in [0.29, 0.717) is 22.8 Å². The van der Waals surface area contributed by atoms with Gasteiger partial charge in [0.2, 0.25) is 0 Å². The average Bonchev–Trinajstić information content (AvgIpc) is 2.66. The fourth-order valence-corrected chi connectivity index (χ4v) is 2.60. The minimum atomic E-state index is -0.439. The van der Waals surface area contributed by atoms with Crippen molar-refractivity contribution in [1.29, 1.82) is 0 Å². The number of benzene rings is 2. The lowest BCUT2D eigenvalue weighted by molar-refractivity contribution is -0.132. The molecular formula is C22H26N2O5. The predicted octanol–water partition coefficient (Wildman–Crippen LogP) is 3.58. The normalized spacial score (nSPS) is 10.8. The standard InChI is InChI=1S/C22H26N2O5/c1-14(2)18-8-6-15(3)10-20(18)28-13-22(26)24-23-12-17-7-9-19(29-16(4)25)21(11-17)27-5/h6-12,14H,13H2,1-5H3,(H,24,26)/b23-12+. The minimum Gasteiger partial charge on any atom is -0.493 e. The van der Waals surface area contributed by atoms with Crippen molar-refractivity contribution < 1.29 is 23.8 Å². The maximum Gasteiger partial charge on any atom is 0.308 e. The Balaban J connectivity index is 1.95. The largest absolute Gasteiger partial charge is 0.493 e. The van der Waals surface area contributed by atoms with Gasteiger partial charge in [0, 0.05) is 6.92 Å². The number of esters is 1. The van der Waals surface area contributed by atoms with Crippen LogP contribution in [0.1, 0.15) is 43.4 Å². The Morgan fingerprint density at radius 3 is 2.52 bits per heavy atom. The Kier molecular flexibility index (Phi) is 7.77. The second kappa shape index (κ2) is 10.3. The smallest absolute Gasteiger partial charge is 0.308 e. The van der Waals surface area contributed by atoms with Crippen molar-refractivity contribution in [3.05, 3.63) is 53.1 Å². The summed E-state index contributed by atoms with van der Waals surface area (Å²) in [5.41, 5.74) is 5.21. The van der Waals surface area contributed by atoms with Gasteiger partial charge in [0.1, 0.15) is 5.75 Å². The summed E-state index contributed by atoms with van der Waals surface area (Å²) in [7, 11) is 1.47. The third-order valence-electron chi connectivity index (χ3n) is 3.99. The van der Waals surface area contributed by atoms with Crippen molar-refractivity contribution in [2.75, 3.05) is 13.7 Å². The Hall–Kier alpha value is -3.35. The van der Waals surface area contributed by atoms with Gasteiger partial charge in [-0.1, -0.05) is 26.0 Å². The van der Waals surface area contributed by atoms with Crippen LogP contribution in [0.15, 0.2) is 41.5 Å². The zero-order valence-electron chi connectivity index (χ0n) is 17.3. The zero-order valence-corrected chi connectivity index (χ0v) is 17.3. The predicted molar refractivity (Wildman–Crippen MR) is 111 cm³/mol. The molecule has 154 valence electrons. The molecule has 29 heavy (non-hydrogen) atoms. The number of hydrazone groups is 1. The lowest BCUT2D eigenvalue weighted by Gasteiger charge is -2.14. The molecule has 7 heteroatoms. The maximum absolute atomic E-state index is 12.0. The average molecular weight is 398 g/mol. The van der Waals surface area contributed by atoms with Gasteiger partial charge >= 0.3 is 5.97 Å². The van der Waals surface area contributed by atoms with E-state index < -0.39 is 5.97 Å². The van der Waals surface area contributed by atoms with Crippen molar-refractivity contribution in [2.45, 2.75) is 33.6 Å². The van der Waals surface area contributed by atoms with Crippen molar-refractivity contribution in [2.24, 2.45) is 5.10 Å². The highest BCUT2D eigenvalue weighted by Gasteiger charge is 2.10. The van der Waals surface area contributed by atoms with Gasteiger partial charge < -0.3 is 14.2 Å². The van der Waals surface area contributed by atoms with Crippen LogP contribution < -0.4 is 19.6 Å². The highest BCUT2D eigenvalue weighted by atomic mass is 16.6. The molecule has 0 atom stereocenters. The number of rotatable bonds is 8. The molecular weight excluding hydrogens is 372 g/mol. The lowest BCUT2D eigenvalue weighted by Crippen LogP contribution is -2.25.